The summed E-state index contributed by atoms with van der Waals surface area (Å²) in [6.07, 6.45) is -1.06. The SMILES string of the molecule is CN1CCOC(F)C1. The molecule has 1 rings (SSSR count). The quantitative estimate of drug-likeness (QED) is 0.453. The highest BCUT2D eigenvalue weighted by Gasteiger charge is 2.14. The maximum Gasteiger partial charge on any atom is 0.211 e. The van der Waals surface area contributed by atoms with Crippen molar-refractivity contribution in [2.24, 2.45) is 0 Å². The largest absolute Gasteiger partial charge is 0.346 e. The van der Waals surface area contributed by atoms with Crippen LogP contribution in [0.3, 0.4) is 0 Å². The van der Waals surface area contributed by atoms with Gasteiger partial charge in [0.05, 0.1) is 13.2 Å². The Morgan fingerprint density at radius 1 is 1.75 bits per heavy atom. The zero-order valence-corrected chi connectivity index (χ0v) is 4.93. The summed E-state index contributed by atoms with van der Waals surface area (Å²) < 4.78 is 16.8. The Balaban J connectivity index is 2.23. The summed E-state index contributed by atoms with van der Waals surface area (Å²) in [5, 5.41) is 0. The Morgan fingerprint density at radius 2 is 2.50 bits per heavy atom. The lowest BCUT2D eigenvalue weighted by Crippen LogP contribution is -2.37. The summed E-state index contributed by atoms with van der Waals surface area (Å²) in [5.74, 6) is 0. The highest BCUT2D eigenvalue weighted by Crippen LogP contribution is 2.01. The number of hydrogen-bond acceptors (Lipinski definition) is 2. The van der Waals surface area contributed by atoms with Gasteiger partial charge in [0.1, 0.15) is 0 Å². The number of rotatable bonds is 0. The molecule has 8 heavy (non-hydrogen) atoms. The first-order chi connectivity index (χ1) is 3.79. The van der Waals surface area contributed by atoms with Gasteiger partial charge in [-0.1, -0.05) is 0 Å². The van der Waals surface area contributed by atoms with Crippen LogP contribution in [0.25, 0.3) is 0 Å². The number of likely N-dealkylation sites (N-methyl/N-ethyl adjacent to an activating group) is 1. The second-order valence-electron chi connectivity index (χ2n) is 2.04. The van der Waals surface area contributed by atoms with E-state index in [1.165, 1.54) is 0 Å². The van der Waals surface area contributed by atoms with E-state index in [1.807, 2.05) is 11.9 Å². The third-order valence-electron chi connectivity index (χ3n) is 1.23. The molecule has 2 nitrogen and oxygen atoms in total. The Kier molecular flexibility index (Phi) is 1.81. The molecule has 0 bridgehead atoms. The van der Waals surface area contributed by atoms with E-state index in [0.29, 0.717) is 13.2 Å². The normalized spacial score (nSPS) is 33.0. The molecule has 0 aromatic rings. The third kappa shape index (κ3) is 1.42. The van der Waals surface area contributed by atoms with E-state index in [1.54, 1.807) is 0 Å². The molecule has 1 aliphatic heterocycles. The van der Waals surface area contributed by atoms with E-state index in [4.69, 9.17) is 0 Å². The number of ether oxygens (including phenoxy) is 1. The molecule has 0 radical (unpaired) electrons. The molecule has 0 amide bonds. The smallest absolute Gasteiger partial charge is 0.211 e. The van der Waals surface area contributed by atoms with Crippen LogP contribution in [0.4, 0.5) is 4.39 Å². The molecular formula is C5H10FNO. The number of morpholine rings is 1. The first kappa shape index (κ1) is 5.98. The zero-order valence-electron chi connectivity index (χ0n) is 4.93. The molecule has 0 aliphatic carbocycles. The van der Waals surface area contributed by atoms with E-state index in [-0.39, 0.29) is 0 Å². The molecule has 1 fully saturated rings. The molecule has 1 saturated heterocycles. The van der Waals surface area contributed by atoms with Gasteiger partial charge in [-0.05, 0) is 7.05 Å². The van der Waals surface area contributed by atoms with E-state index in [9.17, 15) is 4.39 Å². The molecule has 0 aromatic carbocycles. The van der Waals surface area contributed by atoms with Crippen LogP contribution in [0.5, 0.6) is 0 Å². The van der Waals surface area contributed by atoms with Crippen LogP contribution >= 0.6 is 0 Å². The van der Waals surface area contributed by atoms with E-state index < -0.39 is 6.36 Å². The number of hydrogen-bond donors (Lipinski definition) is 0. The molecule has 0 spiro atoms. The van der Waals surface area contributed by atoms with Gasteiger partial charge in [-0.25, -0.2) is 4.39 Å². The van der Waals surface area contributed by atoms with Gasteiger partial charge in [0, 0.05) is 6.54 Å². The molecule has 3 heteroatoms. The van der Waals surface area contributed by atoms with Gasteiger partial charge in [-0.3, -0.25) is 4.90 Å². The minimum atomic E-state index is -1.06. The molecule has 1 aliphatic rings. The summed E-state index contributed by atoms with van der Waals surface area (Å²) in [6.45, 7) is 1.79. The van der Waals surface area contributed by atoms with Gasteiger partial charge in [0.15, 0.2) is 0 Å². The zero-order chi connectivity index (χ0) is 5.98. The van der Waals surface area contributed by atoms with Crippen LogP contribution in [0.15, 0.2) is 0 Å². The van der Waals surface area contributed by atoms with Crippen molar-refractivity contribution < 1.29 is 9.13 Å². The van der Waals surface area contributed by atoms with Crippen molar-refractivity contribution in [3.05, 3.63) is 0 Å². The van der Waals surface area contributed by atoms with Gasteiger partial charge in [0.25, 0.3) is 0 Å². The average Bonchev–Trinajstić information content (AvgIpc) is 1.64. The van der Waals surface area contributed by atoms with Crippen LogP contribution in [-0.2, 0) is 4.74 Å². The lowest BCUT2D eigenvalue weighted by molar-refractivity contribution is -0.0918. The molecule has 0 N–H and O–H groups in total. The fourth-order valence-corrected chi connectivity index (χ4v) is 0.725. The van der Waals surface area contributed by atoms with Gasteiger partial charge in [-0.15, -0.1) is 0 Å². The van der Waals surface area contributed by atoms with Crippen molar-refractivity contribution in [2.75, 3.05) is 26.7 Å². The van der Waals surface area contributed by atoms with Gasteiger partial charge < -0.3 is 4.74 Å². The van der Waals surface area contributed by atoms with E-state index in [0.717, 1.165) is 6.54 Å². The van der Waals surface area contributed by atoms with Crippen LogP contribution in [0, 0.1) is 0 Å². The fraction of sp³-hybridized carbons (Fsp3) is 1.00. The minimum absolute atomic E-state index is 0.417. The second kappa shape index (κ2) is 2.42. The van der Waals surface area contributed by atoms with Crippen LogP contribution in [-0.4, -0.2) is 38.0 Å². The Hall–Kier alpha value is -0.150. The fourth-order valence-electron chi connectivity index (χ4n) is 0.725. The maximum absolute atomic E-state index is 12.2. The third-order valence-corrected chi connectivity index (χ3v) is 1.23. The van der Waals surface area contributed by atoms with Crippen molar-refractivity contribution >= 4 is 0 Å². The molecule has 0 aromatic heterocycles. The Bertz CT molecular complexity index is 70.8. The lowest BCUT2D eigenvalue weighted by Gasteiger charge is -2.24. The highest BCUT2D eigenvalue weighted by molar-refractivity contribution is 4.58. The molecule has 1 unspecified atom stereocenters. The van der Waals surface area contributed by atoms with Gasteiger partial charge >= 0.3 is 0 Å². The van der Waals surface area contributed by atoms with Gasteiger partial charge in [0.2, 0.25) is 6.36 Å². The van der Waals surface area contributed by atoms with Crippen LogP contribution in [0.2, 0.25) is 0 Å². The maximum atomic E-state index is 12.2. The Morgan fingerprint density at radius 3 is 2.88 bits per heavy atom. The van der Waals surface area contributed by atoms with Crippen LogP contribution in [0.1, 0.15) is 0 Å². The van der Waals surface area contributed by atoms with Crippen molar-refractivity contribution in [1.29, 1.82) is 0 Å². The molecule has 48 valence electrons. The molecule has 0 saturated carbocycles. The second-order valence-corrected chi connectivity index (χ2v) is 2.04. The summed E-state index contributed by atoms with van der Waals surface area (Å²) in [6, 6.07) is 0. The number of nitrogens with zero attached hydrogens (tertiary/aromatic N) is 1. The predicted octanol–water partition coefficient (Wildman–Crippen LogP) is 0.244. The monoisotopic (exact) mass is 119 g/mol. The number of alkyl halides is 1. The summed E-state index contributed by atoms with van der Waals surface area (Å²) in [4.78, 5) is 1.91. The van der Waals surface area contributed by atoms with Crippen LogP contribution < -0.4 is 0 Å². The molecular weight excluding hydrogens is 109 g/mol. The highest BCUT2D eigenvalue weighted by atomic mass is 19.1. The number of halogens is 1. The van der Waals surface area contributed by atoms with Crippen molar-refractivity contribution in [2.45, 2.75) is 6.36 Å². The predicted molar refractivity (Wildman–Crippen MR) is 28.3 cm³/mol. The standard InChI is InChI=1S/C5H10FNO/c1-7-2-3-8-5(6)4-7/h5H,2-4H2,1H3. The first-order valence-electron chi connectivity index (χ1n) is 2.73. The molecule has 1 heterocycles. The lowest BCUT2D eigenvalue weighted by atomic mass is 10.4. The first-order valence-corrected chi connectivity index (χ1v) is 2.73. The minimum Gasteiger partial charge on any atom is -0.346 e. The Labute approximate surface area is 48.2 Å². The van der Waals surface area contributed by atoms with E-state index in [2.05, 4.69) is 4.74 Å². The van der Waals surface area contributed by atoms with E-state index >= 15 is 0 Å². The summed E-state index contributed by atoms with van der Waals surface area (Å²) >= 11 is 0. The average molecular weight is 119 g/mol. The van der Waals surface area contributed by atoms with Crippen molar-refractivity contribution in [3.63, 3.8) is 0 Å². The van der Waals surface area contributed by atoms with Crippen molar-refractivity contribution in [3.8, 4) is 0 Å². The van der Waals surface area contributed by atoms with Crippen molar-refractivity contribution in [1.82, 2.24) is 4.90 Å². The summed E-state index contributed by atoms with van der Waals surface area (Å²) in [7, 11) is 1.88. The molecule has 1 atom stereocenters. The summed E-state index contributed by atoms with van der Waals surface area (Å²) in [5.41, 5.74) is 0. The topological polar surface area (TPSA) is 12.5 Å². The van der Waals surface area contributed by atoms with Gasteiger partial charge in [-0.2, -0.15) is 0 Å².